The molecule has 4 N–H and O–H groups in total. The lowest BCUT2D eigenvalue weighted by Gasteiger charge is -2.06. The summed E-state index contributed by atoms with van der Waals surface area (Å²) >= 11 is 0. The molecule has 4 amide bonds. The summed E-state index contributed by atoms with van der Waals surface area (Å²) in [6, 6.07) is 0. The zero-order valence-electron chi connectivity index (χ0n) is 13.2. The Morgan fingerprint density at radius 1 is 0.913 bits per heavy atom. The molecule has 0 rings (SSSR count). The van der Waals surface area contributed by atoms with E-state index in [1.807, 2.05) is 0 Å². The van der Waals surface area contributed by atoms with Crippen LogP contribution in [0.15, 0.2) is 0 Å². The molecular weight excluding hydrogens is 316 g/mol. The van der Waals surface area contributed by atoms with Crippen molar-refractivity contribution >= 4 is 24.7 Å². The number of amides is 4. The van der Waals surface area contributed by atoms with Crippen molar-refractivity contribution in [3.05, 3.63) is 0 Å². The second kappa shape index (κ2) is 17.3. The summed E-state index contributed by atoms with van der Waals surface area (Å²) in [7, 11) is 2.61. The maximum Gasteiger partial charge on any atom is 0.410 e. The number of carbonyl (C=O) groups is 4. The Balaban J connectivity index is 0. The molecule has 23 heavy (non-hydrogen) atoms. The van der Waals surface area contributed by atoms with Crippen LogP contribution >= 0.6 is 0 Å². The second-order valence-corrected chi connectivity index (χ2v) is 3.26. The van der Waals surface area contributed by atoms with Crippen LogP contribution in [0.2, 0.25) is 0 Å². The van der Waals surface area contributed by atoms with Gasteiger partial charge in [0.15, 0.2) is 6.79 Å². The third kappa shape index (κ3) is 19.2. The molecule has 0 saturated heterocycles. The first kappa shape index (κ1) is 22.5. The predicted octanol–water partition coefficient (Wildman–Crippen LogP) is -0.934. The summed E-state index contributed by atoms with van der Waals surface area (Å²) in [6.07, 6.45) is -1.35. The van der Waals surface area contributed by atoms with Gasteiger partial charge in [-0.15, -0.1) is 0 Å². The molecule has 0 radical (unpaired) electrons. The molecule has 0 fully saturated rings. The number of rotatable bonds is 8. The van der Waals surface area contributed by atoms with Crippen molar-refractivity contribution < 1.29 is 38.1 Å². The van der Waals surface area contributed by atoms with Gasteiger partial charge in [-0.05, 0) is 6.92 Å². The van der Waals surface area contributed by atoms with Crippen molar-refractivity contribution in [1.29, 1.82) is 0 Å². The maximum absolute atomic E-state index is 10.7. The third-order valence-electron chi connectivity index (χ3n) is 1.65. The zero-order chi connectivity index (χ0) is 17.9. The molecule has 0 aromatic carbocycles. The number of carbonyl (C=O) groups excluding carboxylic acids is 4. The molecule has 12 heteroatoms. The van der Waals surface area contributed by atoms with Crippen LogP contribution in [0.3, 0.4) is 0 Å². The number of hydrogen-bond donors (Lipinski definition) is 4. The Morgan fingerprint density at radius 2 is 1.48 bits per heavy atom. The van der Waals surface area contributed by atoms with Crippen molar-refractivity contribution in [2.45, 2.75) is 6.92 Å². The summed E-state index contributed by atoms with van der Waals surface area (Å²) in [5, 5.41) is 8.98. The average Bonchev–Trinajstić information content (AvgIpc) is 2.54. The van der Waals surface area contributed by atoms with Gasteiger partial charge in [-0.2, -0.15) is 0 Å². The van der Waals surface area contributed by atoms with Crippen LogP contribution < -0.4 is 21.3 Å². The lowest BCUT2D eigenvalue weighted by Crippen LogP contribution is -2.37. The minimum absolute atomic E-state index is 0.0603. The zero-order valence-corrected chi connectivity index (χ0v) is 13.2. The Labute approximate surface area is 133 Å². The molecule has 0 heterocycles. The minimum Gasteiger partial charge on any atom is -0.453 e. The van der Waals surface area contributed by atoms with Crippen molar-refractivity contribution in [2.75, 3.05) is 41.0 Å². The van der Waals surface area contributed by atoms with Gasteiger partial charge in [-0.1, -0.05) is 0 Å². The van der Waals surface area contributed by atoms with Crippen molar-refractivity contribution in [3.8, 4) is 0 Å². The highest BCUT2D eigenvalue weighted by Crippen LogP contribution is 1.76. The van der Waals surface area contributed by atoms with Gasteiger partial charge >= 0.3 is 18.3 Å². The SMILES string of the molecule is CCOC(=O)NCNC=O.COCOC(=O)NCNC(=O)OC. The maximum atomic E-state index is 10.7. The minimum atomic E-state index is -0.682. The quantitative estimate of drug-likeness (QED) is 0.191. The fourth-order valence-electron chi connectivity index (χ4n) is 0.771. The third-order valence-corrected chi connectivity index (χ3v) is 1.65. The smallest absolute Gasteiger partial charge is 0.410 e. The van der Waals surface area contributed by atoms with E-state index in [1.54, 1.807) is 6.92 Å². The fourth-order valence-corrected chi connectivity index (χ4v) is 0.771. The van der Waals surface area contributed by atoms with E-state index in [-0.39, 0.29) is 20.1 Å². The van der Waals surface area contributed by atoms with E-state index >= 15 is 0 Å². The molecule has 0 aromatic heterocycles. The molecule has 0 spiro atoms. The van der Waals surface area contributed by atoms with E-state index in [9.17, 15) is 19.2 Å². The molecule has 0 atom stereocenters. The van der Waals surface area contributed by atoms with Crippen LogP contribution in [0, 0.1) is 0 Å². The monoisotopic (exact) mass is 338 g/mol. The van der Waals surface area contributed by atoms with Gasteiger partial charge in [0, 0.05) is 7.11 Å². The molecule has 12 nitrogen and oxygen atoms in total. The van der Waals surface area contributed by atoms with Gasteiger partial charge in [-0.3, -0.25) is 4.79 Å². The molecule has 0 saturated carbocycles. The van der Waals surface area contributed by atoms with E-state index in [0.717, 1.165) is 0 Å². The molecule has 0 aliphatic heterocycles. The van der Waals surface area contributed by atoms with Gasteiger partial charge in [0.05, 0.1) is 27.1 Å². The van der Waals surface area contributed by atoms with Crippen LogP contribution in [0.5, 0.6) is 0 Å². The first-order chi connectivity index (χ1) is 11.0. The summed E-state index contributed by atoms with van der Waals surface area (Å²) in [5.41, 5.74) is 0. The summed E-state index contributed by atoms with van der Waals surface area (Å²) in [5.74, 6) is 0. The Hall–Kier alpha value is -2.76. The number of methoxy groups -OCH3 is 2. The first-order valence-electron chi connectivity index (χ1n) is 6.30. The van der Waals surface area contributed by atoms with Crippen molar-refractivity contribution in [1.82, 2.24) is 21.3 Å². The number of nitrogens with one attached hydrogen (secondary N) is 4. The summed E-state index contributed by atoms with van der Waals surface area (Å²) in [6.45, 7) is 1.93. The summed E-state index contributed by atoms with van der Waals surface area (Å²) in [4.78, 5) is 41.2. The van der Waals surface area contributed by atoms with E-state index in [4.69, 9.17) is 0 Å². The first-order valence-corrected chi connectivity index (χ1v) is 6.30. The topological polar surface area (TPSA) is 153 Å². The van der Waals surface area contributed by atoms with E-state index in [0.29, 0.717) is 13.0 Å². The highest BCUT2D eigenvalue weighted by molar-refractivity contribution is 5.69. The van der Waals surface area contributed by atoms with Gasteiger partial charge in [0.2, 0.25) is 6.41 Å². The van der Waals surface area contributed by atoms with Crippen LogP contribution in [0.25, 0.3) is 0 Å². The number of hydrogen-bond acceptors (Lipinski definition) is 8. The summed E-state index contributed by atoms with van der Waals surface area (Å²) < 4.78 is 17.6. The van der Waals surface area contributed by atoms with Gasteiger partial charge in [0.25, 0.3) is 0 Å². The molecule has 0 aliphatic rings. The van der Waals surface area contributed by atoms with E-state index in [2.05, 4.69) is 40.2 Å². The number of alkyl carbamates (subject to hydrolysis) is 3. The lowest BCUT2D eigenvalue weighted by molar-refractivity contribution is -0.109. The van der Waals surface area contributed by atoms with Crippen molar-refractivity contribution in [2.24, 2.45) is 0 Å². The predicted molar refractivity (Wildman–Crippen MR) is 76.1 cm³/mol. The highest BCUT2D eigenvalue weighted by Gasteiger charge is 2.01. The van der Waals surface area contributed by atoms with Crippen LogP contribution in [-0.2, 0) is 23.7 Å². The van der Waals surface area contributed by atoms with Crippen LogP contribution in [0.4, 0.5) is 14.4 Å². The Kier molecular flexibility index (Phi) is 16.9. The van der Waals surface area contributed by atoms with E-state index < -0.39 is 18.3 Å². The normalized spacial score (nSPS) is 8.48. The van der Waals surface area contributed by atoms with Gasteiger partial charge in [-0.25, -0.2) is 14.4 Å². The largest absolute Gasteiger partial charge is 0.453 e. The highest BCUT2D eigenvalue weighted by atomic mass is 16.7. The molecule has 0 unspecified atom stereocenters. The lowest BCUT2D eigenvalue weighted by atomic mass is 10.8. The molecule has 0 aromatic rings. The molecular formula is C11H22N4O8. The molecule has 0 aliphatic carbocycles. The number of ether oxygens (including phenoxy) is 4. The Morgan fingerprint density at radius 3 is 2.00 bits per heavy atom. The Bertz CT molecular complexity index is 353. The van der Waals surface area contributed by atoms with Gasteiger partial charge in [0.1, 0.15) is 0 Å². The van der Waals surface area contributed by atoms with Crippen molar-refractivity contribution in [3.63, 3.8) is 0 Å². The van der Waals surface area contributed by atoms with Crippen LogP contribution in [0.1, 0.15) is 6.92 Å². The fraction of sp³-hybridized carbons (Fsp3) is 0.636. The molecule has 0 bridgehead atoms. The average molecular weight is 338 g/mol. The standard InChI is InChI=1S/C6H12N2O5.C5H10N2O3/c1-11-4-13-6(10)8-3-7-5(9)12-2;1-2-10-5(9)7-3-6-4-8/h3-4H2,1-2H3,(H,7,9)(H,8,10);4H,2-3H2,1H3,(H,6,8)(H,7,9). The van der Waals surface area contributed by atoms with Crippen LogP contribution in [-0.4, -0.2) is 65.6 Å². The molecule has 134 valence electrons. The van der Waals surface area contributed by atoms with Gasteiger partial charge < -0.3 is 40.2 Å². The second-order valence-electron chi connectivity index (χ2n) is 3.26. The van der Waals surface area contributed by atoms with E-state index in [1.165, 1.54) is 14.2 Å².